The Bertz CT molecular complexity index is 339. The van der Waals surface area contributed by atoms with E-state index in [1.807, 2.05) is 6.92 Å². The van der Waals surface area contributed by atoms with Crippen LogP contribution in [-0.2, 0) is 9.59 Å². The summed E-state index contributed by atoms with van der Waals surface area (Å²) in [6.45, 7) is 1.95. The number of allylic oxidation sites excluding steroid dienone is 1. The summed E-state index contributed by atoms with van der Waals surface area (Å²) in [5, 5.41) is 11.3. The summed E-state index contributed by atoms with van der Waals surface area (Å²) in [5.41, 5.74) is -0.0328. The van der Waals surface area contributed by atoms with Crippen LogP contribution in [0.2, 0.25) is 0 Å². The van der Waals surface area contributed by atoms with Crippen molar-refractivity contribution in [3.05, 3.63) is 11.8 Å². The Morgan fingerprint density at radius 2 is 2.12 bits per heavy atom. The molecule has 16 heavy (non-hydrogen) atoms. The van der Waals surface area contributed by atoms with Gasteiger partial charge in [0, 0.05) is 0 Å². The molecule has 0 aromatic carbocycles. The van der Waals surface area contributed by atoms with Crippen molar-refractivity contribution in [3.63, 3.8) is 0 Å². The Morgan fingerprint density at radius 3 is 2.50 bits per heavy atom. The van der Waals surface area contributed by atoms with Crippen LogP contribution in [0.1, 0.15) is 26.2 Å². The van der Waals surface area contributed by atoms with Crippen LogP contribution in [0.25, 0.3) is 0 Å². The van der Waals surface area contributed by atoms with Gasteiger partial charge in [-0.1, -0.05) is 51.3 Å². The zero-order chi connectivity index (χ0) is 12.3. The van der Waals surface area contributed by atoms with Crippen LogP contribution in [0.5, 0.6) is 0 Å². The van der Waals surface area contributed by atoms with E-state index in [2.05, 4.69) is 37.2 Å². The molecule has 0 aliphatic heterocycles. The van der Waals surface area contributed by atoms with E-state index in [9.17, 15) is 9.59 Å². The second-order valence-corrected chi connectivity index (χ2v) is 7.61. The quantitative estimate of drug-likeness (QED) is 0.588. The molecule has 0 aromatic rings. The zero-order valence-corrected chi connectivity index (χ0v) is 12.0. The molecular weight excluding hydrogens is 342 g/mol. The standard InChI is InChI=1S/C10H13Br2NO3/c1-2-3-4-7(9(15)16)13-8(14)6-5-10(6,11)12/h4,6H,2-3,5H2,1H3,(H,13,14)(H,15,16)/b7-4-. The van der Waals surface area contributed by atoms with Gasteiger partial charge in [0.05, 0.1) is 9.15 Å². The summed E-state index contributed by atoms with van der Waals surface area (Å²) in [6.07, 6.45) is 3.68. The molecule has 1 aliphatic rings. The monoisotopic (exact) mass is 353 g/mol. The highest BCUT2D eigenvalue weighted by Crippen LogP contribution is 2.56. The molecule has 90 valence electrons. The molecule has 2 N–H and O–H groups in total. The van der Waals surface area contributed by atoms with Crippen molar-refractivity contribution in [2.24, 2.45) is 5.92 Å². The number of carbonyl (C=O) groups is 2. The number of carbonyl (C=O) groups excluding carboxylic acids is 1. The third kappa shape index (κ3) is 3.59. The molecule has 1 atom stereocenters. The molecule has 1 rings (SSSR count). The SMILES string of the molecule is CCC/C=C(\NC(=O)C1CC1(Br)Br)C(=O)O. The zero-order valence-electron chi connectivity index (χ0n) is 8.80. The average molecular weight is 355 g/mol. The van der Waals surface area contributed by atoms with E-state index in [1.54, 1.807) is 0 Å². The second-order valence-electron chi connectivity index (χ2n) is 3.72. The van der Waals surface area contributed by atoms with Crippen LogP contribution in [0, 0.1) is 5.92 Å². The van der Waals surface area contributed by atoms with Gasteiger partial charge in [0.25, 0.3) is 0 Å². The largest absolute Gasteiger partial charge is 0.477 e. The topological polar surface area (TPSA) is 66.4 Å². The lowest BCUT2D eigenvalue weighted by Crippen LogP contribution is -2.29. The van der Waals surface area contributed by atoms with Gasteiger partial charge in [-0.2, -0.15) is 0 Å². The van der Waals surface area contributed by atoms with Crippen molar-refractivity contribution >= 4 is 43.7 Å². The molecular formula is C10H13Br2NO3. The Hall–Kier alpha value is -0.360. The molecule has 1 fully saturated rings. The molecule has 0 bridgehead atoms. The Labute approximate surface area is 111 Å². The maximum Gasteiger partial charge on any atom is 0.352 e. The van der Waals surface area contributed by atoms with Crippen LogP contribution < -0.4 is 5.32 Å². The number of carboxylic acid groups (broad SMARTS) is 1. The Kier molecular flexibility index (Phi) is 4.55. The first kappa shape index (κ1) is 13.7. The number of amides is 1. The number of rotatable bonds is 5. The van der Waals surface area contributed by atoms with Gasteiger partial charge in [0.1, 0.15) is 5.70 Å². The first-order chi connectivity index (χ1) is 7.38. The number of halogens is 2. The fraction of sp³-hybridized carbons (Fsp3) is 0.600. The van der Waals surface area contributed by atoms with E-state index in [-0.39, 0.29) is 20.8 Å². The minimum atomic E-state index is -1.10. The highest BCUT2D eigenvalue weighted by Gasteiger charge is 2.55. The van der Waals surface area contributed by atoms with Gasteiger partial charge in [0.2, 0.25) is 5.91 Å². The van der Waals surface area contributed by atoms with Gasteiger partial charge in [0.15, 0.2) is 0 Å². The van der Waals surface area contributed by atoms with Gasteiger partial charge in [-0.25, -0.2) is 4.79 Å². The maximum atomic E-state index is 11.6. The fourth-order valence-electron chi connectivity index (χ4n) is 1.20. The third-order valence-electron chi connectivity index (χ3n) is 2.27. The molecule has 0 saturated heterocycles. The van der Waals surface area contributed by atoms with Gasteiger partial charge in [-0.15, -0.1) is 0 Å². The molecule has 1 unspecified atom stereocenters. The van der Waals surface area contributed by atoms with Crippen molar-refractivity contribution in [3.8, 4) is 0 Å². The summed E-state index contributed by atoms with van der Waals surface area (Å²) in [5.74, 6) is -1.58. The Morgan fingerprint density at radius 1 is 1.56 bits per heavy atom. The van der Waals surface area contributed by atoms with Crippen LogP contribution in [0.4, 0.5) is 0 Å². The lowest BCUT2D eigenvalue weighted by Gasteiger charge is -2.05. The Balaban J connectivity index is 2.56. The van der Waals surface area contributed by atoms with E-state index in [0.717, 1.165) is 6.42 Å². The number of unbranched alkanes of at least 4 members (excludes halogenated alkanes) is 1. The van der Waals surface area contributed by atoms with Crippen molar-refractivity contribution in [2.75, 3.05) is 0 Å². The summed E-state index contributed by atoms with van der Waals surface area (Å²) >= 11 is 6.64. The second kappa shape index (κ2) is 5.31. The molecule has 0 heterocycles. The number of alkyl halides is 2. The third-order valence-corrected chi connectivity index (χ3v) is 4.02. The maximum absolute atomic E-state index is 11.6. The fourth-order valence-corrected chi connectivity index (χ4v) is 2.26. The molecule has 0 spiro atoms. The summed E-state index contributed by atoms with van der Waals surface area (Å²) in [6, 6.07) is 0. The predicted molar refractivity (Wildman–Crippen MR) is 67.5 cm³/mol. The van der Waals surface area contributed by atoms with Gasteiger partial charge in [-0.3, -0.25) is 4.79 Å². The van der Waals surface area contributed by atoms with E-state index in [1.165, 1.54) is 6.08 Å². The lowest BCUT2D eigenvalue weighted by molar-refractivity contribution is -0.134. The van der Waals surface area contributed by atoms with Crippen LogP contribution in [0.15, 0.2) is 11.8 Å². The van der Waals surface area contributed by atoms with Gasteiger partial charge in [-0.05, 0) is 12.8 Å². The smallest absolute Gasteiger partial charge is 0.352 e. The summed E-state index contributed by atoms with van der Waals surface area (Å²) < 4.78 is -0.349. The molecule has 0 radical (unpaired) electrons. The molecule has 4 nitrogen and oxygen atoms in total. The molecule has 1 aliphatic carbocycles. The van der Waals surface area contributed by atoms with E-state index >= 15 is 0 Å². The van der Waals surface area contributed by atoms with Crippen molar-refractivity contribution in [1.29, 1.82) is 0 Å². The van der Waals surface area contributed by atoms with E-state index < -0.39 is 5.97 Å². The van der Waals surface area contributed by atoms with E-state index in [4.69, 9.17) is 5.11 Å². The van der Waals surface area contributed by atoms with Crippen molar-refractivity contribution < 1.29 is 14.7 Å². The normalized spacial score (nSPS) is 22.7. The highest BCUT2D eigenvalue weighted by atomic mass is 79.9. The van der Waals surface area contributed by atoms with Crippen molar-refractivity contribution in [2.45, 2.75) is 29.4 Å². The van der Waals surface area contributed by atoms with Crippen LogP contribution >= 0.6 is 31.9 Å². The van der Waals surface area contributed by atoms with Gasteiger partial charge >= 0.3 is 5.97 Å². The summed E-state index contributed by atoms with van der Waals surface area (Å²) in [7, 11) is 0. The number of aliphatic carboxylic acids is 1. The number of hydrogen-bond donors (Lipinski definition) is 2. The number of hydrogen-bond acceptors (Lipinski definition) is 2. The van der Waals surface area contributed by atoms with Gasteiger partial charge < -0.3 is 10.4 Å². The van der Waals surface area contributed by atoms with Crippen LogP contribution in [0.3, 0.4) is 0 Å². The number of carboxylic acids is 1. The molecule has 0 aromatic heterocycles. The number of nitrogens with one attached hydrogen (secondary N) is 1. The minimum absolute atomic E-state index is 0.0328. The van der Waals surface area contributed by atoms with Crippen molar-refractivity contribution in [1.82, 2.24) is 5.32 Å². The average Bonchev–Trinajstić information content (AvgIpc) is 2.81. The van der Waals surface area contributed by atoms with Crippen LogP contribution in [-0.4, -0.2) is 20.2 Å². The first-order valence-electron chi connectivity index (χ1n) is 5.00. The lowest BCUT2D eigenvalue weighted by atomic mass is 10.2. The highest BCUT2D eigenvalue weighted by molar-refractivity contribution is 9.25. The first-order valence-corrected chi connectivity index (χ1v) is 6.59. The molecule has 1 saturated carbocycles. The minimum Gasteiger partial charge on any atom is -0.477 e. The predicted octanol–water partition coefficient (Wildman–Crippen LogP) is 2.38. The van der Waals surface area contributed by atoms with E-state index in [0.29, 0.717) is 12.8 Å². The molecule has 1 amide bonds. The summed E-state index contributed by atoms with van der Waals surface area (Å²) in [4.78, 5) is 22.5. The molecule has 6 heteroatoms.